The van der Waals surface area contributed by atoms with Crippen molar-refractivity contribution < 1.29 is 14.3 Å². The van der Waals surface area contributed by atoms with Crippen molar-refractivity contribution in [1.82, 2.24) is 16.0 Å². The van der Waals surface area contributed by atoms with Crippen molar-refractivity contribution in [3.05, 3.63) is 47.5 Å². The smallest absolute Gasteiger partial charge is 0.243 e. The highest BCUT2D eigenvalue weighted by molar-refractivity contribution is 5.87. The maximum absolute atomic E-state index is 12.3. The summed E-state index contributed by atoms with van der Waals surface area (Å²) in [7, 11) is 1.76. The van der Waals surface area contributed by atoms with E-state index >= 15 is 0 Å². The topological polar surface area (TPSA) is 105 Å². The third-order valence-electron chi connectivity index (χ3n) is 3.69. The van der Waals surface area contributed by atoms with E-state index in [1.165, 1.54) is 6.08 Å². The van der Waals surface area contributed by atoms with Gasteiger partial charge in [0, 0.05) is 19.6 Å². The Morgan fingerprint density at radius 2 is 2.00 bits per heavy atom. The Labute approximate surface area is 155 Å². The first-order chi connectivity index (χ1) is 12.6. The SMILES string of the molecule is C/C=C/C(=O)NCc1cccc(CC(NC)C(=O)NCCOCCN)c1. The number of allylic oxidation sites excluding steroid dienone is 1. The van der Waals surface area contributed by atoms with E-state index in [2.05, 4.69) is 16.0 Å². The van der Waals surface area contributed by atoms with Crippen molar-refractivity contribution in [1.29, 1.82) is 0 Å². The molecule has 1 aromatic carbocycles. The van der Waals surface area contributed by atoms with Gasteiger partial charge < -0.3 is 26.4 Å². The summed E-state index contributed by atoms with van der Waals surface area (Å²) in [4.78, 5) is 23.8. The fraction of sp³-hybridized carbons (Fsp3) is 0.474. The Hall–Kier alpha value is -2.22. The molecule has 0 aliphatic carbocycles. The molecule has 0 aliphatic rings. The van der Waals surface area contributed by atoms with Gasteiger partial charge in [0.05, 0.1) is 19.3 Å². The lowest BCUT2D eigenvalue weighted by Crippen LogP contribution is -2.45. The lowest BCUT2D eigenvalue weighted by Gasteiger charge is -2.17. The Bertz CT molecular complexity index is 590. The first kappa shape index (κ1) is 21.8. The number of hydrogen-bond acceptors (Lipinski definition) is 5. The molecule has 144 valence electrons. The lowest BCUT2D eigenvalue weighted by molar-refractivity contribution is -0.123. The monoisotopic (exact) mass is 362 g/mol. The minimum Gasteiger partial charge on any atom is -0.378 e. The largest absolute Gasteiger partial charge is 0.378 e. The standard InChI is InChI=1S/C19H30N4O3/c1-3-5-18(24)23-14-16-7-4-6-15(12-16)13-17(21-2)19(25)22-9-11-26-10-8-20/h3-7,12,17,21H,8-11,13-14,20H2,1-2H3,(H,22,25)(H,23,24)/b5-3+. The van der Waals surface area contributed by atoms with Crippen LogP contribution in [-0.2, 0) is 27.3 Å². The number of amides is 2. The van der Waals surface area contributed by atoms with E-state index in [4.69, 9.17) is 10.5 Å². The molecule has 7 nitrogen and oxygen atoms in total. The number of carbonyl (C=O) groups excluding carboxylic acids is 2. The van der Waals surface area contributed by atoms with Gasteiger partial charge in [-0.1, -0.05) is 30.3 Å². The summed E-state index contributed by atoms with van der Waals surface area (Å²) in [6.07, 6.45) is 3.74. The van der Waals surface area contributed by atoms with Crippen LogP contribution in [-0.4, -0.2) is 51.2 Å². The molecule has 1 aromatic rings. The number of nitrogens with one attached hydrogen (secondary N) is 3. The van der Waals surface area contributed by atoms with Crippen LogP contribution in [0, 0.1) is 0 Å². The molecular formula is C19H30N4O3. The molecule has 0 radical (unpaired) electrons. The molecule has 1 atom stereocenters. The molecule has 2 amide bonds. The third kappa shape index (κ3) is 8.75. The molecule has 0 fully saturated rings. The highest BCUT2D eigenvalue weighted by atomic mass is 16.5. The minimum atomic E-state index is -0.336. The van der Waals surface area contributed by atoms with Crippen LogP contribution in [0.25, 0.3) is 0 Å². The van der Waals surface area contributed by atoms with Crippen molar-refractivity contribution in [3.63, 3.8) is 0 Å². The maximum Gasteiger partial charge on any atom is 0.243 e. The Balaban J connectivity index is 2.52. The van der Waals surface area contributed by atoms with Crippen LogP contribution < -0.4 is 21.7 Å². The van der Waals surface area contributed by atoms with Crippen molar-refractivity contribution in [2.45, 2.75) is 25.9 Å². The van der Waals surface area contributed by atoms with Crippen LogP contribution in [0.4, 0.5) is 0 Å². The molecule has 0 bridgehead atoms. The van der Waals surface area contributed by atoms with E-state index in [9.17, 15) is 9.59 Å². The number of rotatable bonds is 12. The second-order valence-corrected chi connectivity index (χ2v) is 5.78. The van der Waals surface area contributed by atoms with Crippen LogP contribution in [0.1, 0.15) is 18.1 Å². The normalized spacial score (nSPS) is 12.1. The highest BCUT2D eigenvalue weighted by Gasteiger charge is 2.16. The zero-order valence-corrected chi connectivity index (χ0v) is 15.6. The third-order valence-corrected chi connectivity index (χ3v) is 3.69. The summed E-state index contributed by atoms with van der Waals surface area (Å²) in [5.74, 6) is -0.196. The number of carbonyl (C=O) groups is 2. The average molecular weight is 362 g/mol. The number of nitrogens with two attached hydrogens (primary N) is 1. The van der Waals surface area contributed by atoms with Gasteiger partial charge in [0.15, 0.2) is 0 Å². The summed E-state index contributed by atoms with van der Waals surface area (Å²) in [6, 6.07) is 7.51. The molecule has 0 heterocycles. The van der Waals surface area contributed by atoms with E-state index in [1.54, 1.807) is 20.0 Å². The van der Waals surface area contributed by atoms with Crippen LogP contribution in [0.5, 0.6) is 0 Å². The van der Waals surface area contributed by atoms with Gasteiger partial charge in [-0.2, -0.15) is 0 Å². The quantitative estimate of drug-likeness (QED) is 0.312. The molecule has 0 aliphatic heterocycles. The van der Waals surface area contributed by atoms with Gasteiger partial charge in [-0.15, -0.1) is 0 Å². The molecule has 1 rings (SSSR count). The second kappa shape index (κ2) is 13.0. The van der Waals surface area contributed by atoms with E-state index in [-0.39, 0.29) is 17.9 Å². The molecule has 7 heteroatoms. The summed E-state index contributed by atoms with van der Waals surface area (Å²) in [5, 5.41) is 8.71. The fourth-order valence-corrected chi connectivity index (χ4v) is 2.38. The van der Waals surface area contributed by atoms with Gasteiger partial charge in [-0.05, 0) is 37.6 Å². The van der Waals surface area contributed by atoms with Gasteiger partial charge in [-0.25, -0.2) is 0 Å². The van der Waals surface area contributed by atoms with E-state index in [0.29, 0.717) is 39.3 Å². The summed E-state index contributed by atoms with van der Waals surface area (Å²) in [6.45, 7) is 4.11. The Kier molecular flexibility index (Phi) is 10.9. The van der Waals surface area contributed by atoms with Gasteiger partial charge >= 0.3 is 0 Å². The van der Waals surface area contributed by atoms with Crippen molar-refractivity contribution in [3.8, 4) is 0 Å². The van der Waals surface area contributed by atoms with E-state index in [0.717, 1.165) is 11.1 Å². The van der Waals surface area contributed by atoms with Crippen molar-refractivity contribution in [2.75, 3.05) is 33.4 Å². The van der Waals surface area contributed by atoms with Crippen molar-refractivity contribution >= 4 is 11.8 Å². The number of likely N-dealkylation sites (N-methyl/N-ethyl adjacent to an activating group) is 1. The molecular weight excluding hydrogens is 332 g/mol. The van der Waals surface area contributed by atoms with E-state index in [1.807, 2.05) is 24.3 Å². The first-order valence-electron chi connectivity index (χ1n) is 8.81. The van der Waals surface area contributed by atoms with Gasteiger partial charge in [0.1, 0.15) is 0 Å². The second-order valence-electron chi connectivity index (χ2n) is 5.78. The first-order valence-corrected chi connectivity index (χ1v) is 8.81. The predicted octanol–water partition coefficient (Wildman–Crippen LogP) is 0.101. The van der Waals surface area contributed by atoms with Gasteiger partial charge in [0.2, 0.25) is 11.8 Å². The molecule has 26 heavy (non-hydrogen) atoms. The van der Waals surface area contributed by atoms with Crippen LogP contribution in [0.15, 0.2) is 36.4 Å². The average Bonchev–Trinajstić information content (AvgIpc) is 2.64. The summed E-state index contributed by atoms with van der Waals surface area (Å²) in [5.41, 5.74) is 7.36. The Morgan fingerprint density at radius 3 is 2.69 bits per heavy atom. The zero-order valence-electron chi connectivity index (χ0n) is 15.6. The number of benzene rings is 1. The highest BCUT2D eigenvalue weighted by Crippen LogP contribution is 2.08. The van der Waals surface area contributed by atoms with Crippen LogP contribution in [0.3, 0.4) is 0 Å². The molecule has 5 N–H and O–H groups in total. The molecule has 1 unspecified atom stereocenters. The summed E-state index contributed by atoms with van der Waals surface area (Å²) >= 11 is 0. The molecule has 0 aromatic heterocycles. The number of hydrogen-bond donors (Lipinski definition) is 4. The summed E-state index contributed by atoms with van der Waals surface area (Å²) < 4.78 is 5.24. The van der Waals surface area contributed by atoms with Crippen molar-refractivity contribution in [2.24, 2.45) is 5.73 Å². The van der Waals surface area contributed by atoms with Crippen LogP contribution >= 0.6 is 0 Å². The van der Waals surface area contributed by atoms with E-state index < -0.39 is 0 Å². The van der Waals surface area contributed by atoms with Gasteiger partial charge in [-0.3, -0.25) is 9.59 Å². The molecule has 0 saturated heterocycles. The molecule has 0 saturated carbocycles. The number of ether oxygens (including phenoxy) is 1. The lowest BCUT2D eigenvalue weighted by atomic mass is 10.0. The van der Waals surface area contributed by atoms with Gasteiger partial charge in [0.25, 0.3) is 0 Å². The fourth-order valence-electron chi connectivity index (χ4n) is 2.38. The Morgan fingerprint density at radius 1 is 1.23 bits per heavy atom. The minimum absolute atomic E-state index is 0.0735. The predicted molar refractivity (Wildman–Crippen MR) is 103 cm³/mol. The van der Waals surface area contributed by atoms with Crippen LogP contribution in [0.2, 0.25) is 0 Å². The molecule has 0 spiro atoms. The zero-order chi connectivity index (χ0) is 19.2. The maximum atomic E-state index is 12.3.